The molecule has 28 heavy (non-hydrogen) atoms. The van der Waals surface area contributed by atoms with E-state index in [4.69, 9.17) is 5.26 Å². The minimum atomic E-state index is -0.356. The summed E-state index contributed by atoms with van der Waals surface area (Å²) < 4.78 is 0. The van der Waals surface area contributed by atoms with Gasteiger partial charge in [0.05, 0.1) is 24.1 Å². The van der Waals surface area contributed by atoms with Crippen molar-refractivity contribution < 1.29 is 9.59 Å². The predicted molar refractivity (Wildman–Crippen MR) is 109 cm³/mol. The first-order chi connectivity index (χ1) is 13.4. The van der Waals surface area contributed by atoms with Gasteiger partial charge in [-0.1, -0.05) is 48.9 Å². The molecular weight excluding hydrogens is 350 g/mol. The Morgan fingerprint density at radius 1 is 1.11 bits per heavy atom. The highest BCUT2D eigenvalue weighted by atomic mass is 16.2. The Hall–Kier alpha value is -3.13. The standard InChI is InChI=1S/C23H27N3O2/c1-4-13-26(16-20-9-7-19(15-24)8-10-20)23(28)14-22(25-18(3)27)21-11-5-17(2)6-12-21/h5-12,22H,4,13-14,16H2,1-3H3,(H,25,27). The first-order valence-corrected chi connectivity index (χ1v) is 9.53. The molecule has 0 aliphatic rings. The second-order valence-electron chi connectivity index (χ2n) is 6.99. The molecule has 0 saturated carbocycles. The lowest BCUT2D eigenvalue weighted by Crippen LogP contribution is -2.36. The molecule has 0 bridgehead atoms. The molecule has 0 heterocycles. The summed E-state index contributed by atoms with van der Waals surface area (Å²) in [6.45, 7) is 6.62. The number of hydrogen-bond donors (Lipinski definition) is 1. The van der Waals surface area contributed by atoms with Gasteiger partial charge >= 0.3 is 0 Å². The van der Waals surface area contributed by atoms with E-state index in [2.05, 4.69) is 11.4 Å². The van der Waals surface area contributed by atoms with Crippen molar-refractivity contribution in [3.63, 3.8) is 0 Å². The van der Waals surface area contributed by atoms with Gasteiger partial charge < -0.3 is 10.2 Å². The van der Waals surface area contributed by atoms with Crippen LogP contribution < -0.4 is 5.32 Å². The zero-order valence-corrected chi connectivity index (χ0v) is 16.7. The van der Waals surface area contributed by atoms with Crippen LogP contribution in [0, 0.1) is 18.3 Å². The van der Waals surface area contributed by atoms with E-state index < -0.39 is 0 Å². The second-order valence-corrected chi connectivity index (χ2v) is 6.99. The molecule has 0 aromatic heterocycles. The number of rotatable bonds is 8. The highest BCUT2D eigenvalue weighted by molar-refractivity contribution is 5.79. The number of hydrogen-bond acceptors (Lipinski definition) is 3. The molecule has 5 nitrogen and oxygen atoms in total. The summed E-state index contributed by atoms with van der Waals surface area (Å²) in [5, 5.41) is 11.8. The fraction of sp³-hybridized carbons (Fsp3) is 0.348. The van der Waals surface area contributed by atoms with Crippen LogP contribution >= 0.6 is 0 Å². The van der Waals surface area contributed by atoms with Crippen molar-refractivity contribution >= 4 is 11.8 Å². The summed E-state index contributed by atoms with van der Waals surface area (Å²) in [6, 6.07) is 16.9. The van der Waals surface area contributed by atoms with Crippen molar-refractivity contribution in [2.45, 2.75) is 46.2 Å². The average Bonchev–Trinajstić information content (AvgIpc) is 2.68. The van der Waals surface area contributed by atoms with Gasteiger partial charge in [-0.25, -0.2) is 0 Å². The Kier molecular flexibility index (Phi) is 7.76. The molecule has 146 valence electrons. The van der Waals surface area contributed by atoms with Crippen LogP contribution in [0.25, 0.3) is 0 Å². The molecule has 1 atom stereocenters. The zero-order valence-electron chi connectivity index (χ0n) is 16.7. The van der Waals surface area contributed by atoms with Crippen molar-refractivity contribution in [1.29, 1.82) is 5.26 Å². The number of nitrogens with one attached hydrogen (secondary N) is 1. The highest BCUT2D eigenvalue weighted by Gasteiger charge is 2.21. The number of amides is 2. The van der Waals surface area contributed by atoms with Gasteiger partial charge in [0, 0.05) is 20.0 Å². The van der Waals surface area contributed by atoms with E-state index in [1.807, 2.05) is 55.1 Å². The topological polar surface area (TPSA) is 73.2 Å². The Labute approximate surface area is 167 Å². The van der Waals surface area contributed by atoms with Gasteiger partial charge in [0.2, 0.25) is 11.8 Å². The van der Waals surface area contributed by atoms with Gasteiger partial charge in [-0.3, -0.25) is 9.59 Å². The Morgan fingerprint density at radius 3 is 2.29 bits per heavy atom. The molecule has 0 spiro atoms. The third-order valence-corrected chi connectivity index (χ3v) is 4.54. The number of nitrogens with zero attached hydrogens (tertiary/aromatic N) is 2. The Morgan fingerprint density at radius 2 is 1.75 bits per heavy atom. The van der Waals surface area contributed by atoms with Crippen molar-refractivity contribution in [3.05, 3.63) is 70.8 Å². The van der Waals surface area contributed by atoms with Gasteiger partial charge in [-0.15, -0.1) is 0 Å². The maximum absolute atomic E-state index is 13.0. The summed E-state index contributed by atoms with van der Waals surface area (Å²) in [4.78, 5) is 26.5. The molecule has 5 heteroatoms. The van der Waals surface area contributed by atoms with E-state index in [9.17, 15) is 9.59 Å². The maximum Gasteiger partial charge on any atom is 0.225 e. The number of carbonyl (C=O) groups excluding carboxylic acids is 2. The molecule has 2 aromatic rings. The van der Waals surface area contributed by atoms with Gasteiger partial charge in [0.25, 0.3) is 0 Å². The van der Waals surface area contributed by atoms with E-state index in [1.54, 1.807) is 12.1 Å². The largest absolute Gasteiger partial charge is 0.349 e. The monoisotopic (exact) mass is 377 g/mol. The lowest BCUT2D eigenvalue weighted by atomic mass is 10.0. The molecule has 2 rings (SSSR count). The fourth-order valence-corrected chi connectivity index (χ4v) is 3.07. The van der Waals surface area contributed by atoms with E-state index in [0.29, 0.717) is 18.7 Å². The number of aryl methyl sites for hydroxylation is 1. The van der Waals surface area contributed by atoms with Gasteiger partial charge in [0.15, 0.2) is 0 Å². The molecule has 0 saturated heterocycles. The molecule has 0 fully saturated rings. The predicted octanol–water partition coefficient (Wildman–Crippen LogP) is 3.87. The third-order valence-electron chi connectivity index (χ3n) is 4.54. The molecule has 1 N–H and O–H groups in total. The van der Waals surface area contributed by atoms with Crippen molar-refractivity contribution in [2.24, 2.45) is 0 Å². The van der Waals surface area contributed by atoms with Crippen molar-refractivity contribution in [1.82, 2.24) is 10.2 Å². The van der Waals surface area contributed by atoms with Crippen LogP contribution in [0.5, 0.6) is 0 Å². The van der Waals surface area contributed by atoms with Gasteiger partial charge in [-0.05, 0) is 36.6 Å². The van der Waals surface area contributed by atoms with E-state index in [0.717, 1.165) is 23.1 Å². The van der Waals surface area contributed by atoms with E-state index >= 15 is 0 Å². The molecule has 0 aliphatic carbocycles. The highest BCUT2D eigenvalue weighted by Crippen LogP contribution is 2.20. The van der Waals surface area contributed by atoms with Crippen LogP contribution in [0.15, 0.2) is 48.5 Å². The zero-order chi connectivity index (χ0) is 20.5. The summed E-state index contributed by atoms with van der Waals surface area (Å²) in [6.07, 6.45) is 1.05. The normalized spacial score (nSPS) is 11.4. The smallest absolute Gasteiger partial charge is 0.225 e. The van der Waals surface area contributed by atoms with E-state index in [-0.39, 0.29) is 24.3 Å². The molecule has 2 amide bonds. The quantitative estimate of drug-likeness (QED) is 0.759. The molecule has 1 unspecified atom stereocenters. The van der Waals surface area contributed by atoms with Crippen molar-refractivity contribution in [2.75, 3.05) is 6.54 Å². The van der Waals surface area contributed by atoms with Crippen LogP contribution in [0.4, 0.5) is 0 Å². The summed E-state index contributed by atoms with van der Waals surface area (Å²) in [7, 11) is 0. The summed E-state index contributed by atoms with van der Waals surface area (Å²) in [5.41, 5.74) is 3.63. The summed E-state index contributed by atoms with van der Waals surface area (Å²) >= 11 is 0. The minimum Gasteiger partial charge on any atom is -0.349 e. The van der Waals surface area contributed by atoms with Gasteiger partial charge in [-0.2, -0.15) is 5.26 Å². The SMILES string of the molecule is CCCN(Cc1ccc(C#N)cc1)C(=O)CC(NC(C)=O)c1ccc(C)cc1. The second kappa shape index (κ2) is 10.3. The van der Waals surface area contributed by atoms with Crippen LogP contribution in [-0.2, 0) is 16.1 Å². The molecule has 0 aliphatic heterocycles. The van der Waals surface area contributed by atoms with Gasteiger partial charge in [0.1, 0.15) is 0 Å². The maximum atomic E-state index is 13.0. The number of nitriles is 1. The van der Waals surface area contributed by atoms with Crippen LogP contribution in [0.1, 0.15) is 55.0 Å². The minimum absolute atomic E-state index is 0.00876. The first-order valence-electron chi connectivity index (χ1n) is 9.53. The van der Waals surface area contributed by atoms with Crippen LogP contribution in [0.3, 0.4) is 0 Å². The fourth-order valence-electron chi connectivity index (χ4n) is 3.07. The molecular formula is C23H27N3O2. The lowest BCUT2D eigenvalue weighted by Gasteiger charge is -2.26. The first kappa shape index (κ1) is 21.2. The molecule has 2 aromatic carbocycles. The van der Waals surface area contributed by atoms with Crippen molar-refractivity contribution in [3.8, 4) is 6.07 Å². The average molecular weight is 377 g/mol. The van der Waals surface area contributed by atoms with E-state index in [1.165, 1.54) is 6.92 Å². The number of carbonyl (C=O) groups is 2. The van der Waals surface area contributed by atoms with Crippen LogP contribution in [-0.4, -0.2) is 23.3 Å². The van der Waals surface area contributed by atoms with Crippen LogP contribution in [0.2, 0.25) is 0 Å². The third kappa shape index (κ3) is 6.24. The number of benzene rings is 2. The molecule has 0 radical (unpaired) electrons. The Balaban J connectivity index is 2.15. The Bertz CT molecular complexity index is 836. The summed E-state index contributed by atoms with van der Waals surface area (Å²) in [5.74, 6) is -0.168. The lowest BCUT2D eigenvalue weighted by molar-refractivity contribution is -0.132.